The quantitative estimate of drug-likeness (QED) is 0.741. The molecule has 1 aliphatic rings. The van der Waals surface area contributed by atoms with E-state index in [1.807, 2.05) is 16.8 Å². The number of hydrogen-bond donors (Lipinski definition) is 1. The third kappa shape index (κ3) is 6.15. The number of likely N-dealkylation sites (tertiary alicyclic amines) is 1. The molecule has 2 heterocycles. The fourth-order valence-corrected chi connectivity index (χ4v) is 3.37. The molecule has 1 amide bonds. The Kier molecular flexibility index (Phi) is 7.41. The number of benzene rings is 1. The standard InChI is InChI=1S/C22H31N5O2/c1-17(2)15-23-22(28)21-16-27(25-24-21)19-10-13-26(14-11-19)12-4-5-18-6-8-20(29-3)9-7-18/h4-9,16-17,19H,10-15H2,1-3H3,(H,23,28)/b5-4+. The van der Waals surface area contributed by atoms with Gasteiger partial charge in [0.15, 0.2) is 5.69 Å². The molecule has 0 bridgehead atoms. The Labute approximate surface area is 172 Å². The molecule has 3 rings (SSSR count). The summed E-state index contributed by atoms with van der Waals surface area (Å²) in [5.41, 5.74) is 1.57. The zero-order valence-electron chi connectivity index (χ0n) is 17.5. The maximum Gasteiger partial charge on any atom is 0.273 e. The first-order chi connectivity index (χ1) is 14.0. The molecular formula is C22H31N5O2. The molecule has 1 aromatic carbocycles. The van der Waals surface area contributed by atoms with Crippen LogP contribution in [0.3, 0.4) is 0 Å². The van der Waals surface area contributed by atoms with Crippen LogP contribution in [0.25, 0.3) is 6.08 Å². The van der Waals surface area contributed by atoms with Crippen molar-refractivity contribution in [3.63, 3.8) is 0 Å². The molecular weight excluding hydrogens is 366 g/mol. The van der Waals surface area contributed by atoms with Crippen LogP contribution in [-0.2, 0) is 0 Å². The third-order valence-electron chi connectivity index (χ3n) is 5.13. The lowest BCUT2D eigenvalue weighted by atomic mass is 10.1. The van der Waals surface area contributed by atoms with E-state index < -0.39 is 0 Å². The van der Waals surface area contributed by atoms with Gasteiger partial charge in [-0.05, 0) is 36.5 Å². The van der Waals surface area contributed by atoms with Crippen LogP contribution in [-0.4, -0.2) is 59.1 Å². The number of carbonyl (C=O) groups is 1. The molecule has 1 aromatic heterocycles. The highest BCUT2D eigenvalue weighted by atomic mass is 16.5. The van der Waals surface area contributed by atoms with Crippen molar-refractivity contribution in [1.29, 1.82) is 0 Å². The molecule has 7 nitrogen and oxygen atoms in total. The third-order valence-corrected chi connectivity index (χ3v) is 5.13. The number of aromatic nitrogens is 3. The number of rotatable bonds is 8. The van der Waals surface area contributed by atoms with Crippen LogP contribution in [0.5, 0.6) is 5.75 Å². The fourth-order valence-electron chi connectivity index (χ4n) is 3.37. The Hall–Kier alpha value is -2.67. The number of ether oxygens (including phenoxy) is 1. The van der Waals surface area contributed by atoms with Crippen molar-refractivity contribution in [2.45, 2.75) is 32.7 Å². The molecule has 1 saturated heterocycles. The fraction of sp³-hybridized carbons (Fsp3) is 0.500. The second kappa shape index (κ2) is 10.2. The van der Waals surface area contributed by atoms with Gasteiger partial charge in [-0.15, -0.1) is 5.10 Å². The van der Waals surface area contributed by atoms with E-state index in [2.05, 4.69) is 58.7 Å². The first kappa shape index (κ1) is 21.0. The van der Waals surface area contributed by atoms with Gasteiger partial charge in [-0.1, -0.05) is 43.3 Å². The summed E-state index contributed by atoms with van der Waals surface area (Å²) in [6.45, 7) is 7.72. The van der Waals surface area contributed by atoms with Crippen molar-refractivity contribution in [3.05, 3.63) is 47.8 Å². The predicted molar refractivity (Wildman–Crippen MR) is 114 cm³/mol. The molecule has 0 spiro atoms. The van der Waals surface area contributed by atoms with Gasteiger partial charge < -0.3 is 10.1 Å². The highest BCUT2D eigenvalue weighted by molar-refractivity contribution is 5.91. The van der Waals surface area contributed by atoms with E-state index in [4.69, 9.17) is 4.74 Å². The molecule has 1 aliphatic heterocycles. The molecule has 0 saturated carbocycles. The summed E-state index contributed by atoms with van der Waals surface area (Å²) in [5.74, 6) is 1.14. The van der Waals surface area contributed by atoms with E-state index in [1.165, 1.54) is 5.56 Å². The molecule has 29 heavy (non-hydrogen) atoms. The van der Waals surface area contributed by atoms with Gasteiger partial charge in [0.1, 0.15) is 5.75 Å². The SMILES string of the molecule is COc1ccc(/C=C/CN2CCC(n3cc(C(=O)NCC(C)C)nn3)CC2)cc1. The monoisotopic (exact) mass is 397 g/mol. The van der Waals surface area contributed by atoms with Gasteiger partial charge in [-0.25, -0.2) is 4.68 Å². The minimum atomic E-state index is -0.147. The summed E-state index contributed by atoms with van der Waals surface area (Å²) in [6, 6.07) is 8.36. The van der Waals surface area contributed by atoms with Gasteiger partial charge in [0, 0.05) is 26.2 Å². The molecule has 2 aromatic rings. The van der Waals surface area contributed by atoms with Gasteiger partial charge >= 0.3 is 0 Å². The molecule has 156 valence electrons. The first-order valence-corrected chi connectivity index (χ1v) is 10.3. The average molecular weight is 398 g/mol. The Morgan fingerprint density at radius 3 is 2.66 bits per heavy atom. The van der Waals surface area contributed by atoms with Crippen molar-refractivity contribution < 1.29 is 9.53 Å². The molecule has 0 atom stereocenters. The normalized spacial score (nSPS) is 15.9. The van der Waals surface area contributed by atoms with Crippen LogP contribution >= 0.6 is 0 Å². The van der Waals surface area contributed by atoms with Crippen molar-refractivity contribution in [1.82, 2.24) is 25.2 Å². The Bertz CT molecular complexity index is 805. The second-order valence-electron chi connectivity index (χ2n) is 7.89. The summed E-state index contributed by atoms with van der Waals surface area (Å²) in [5, 5.41) is 11.1. The average Bonchev–Trinajstić information content (AvgIpc) is 3.23. The highest BCUT2D eigenvalue weighted by Crippen LogP contribution is 2.21. The molecule has 1 N–H and O–H groups in total. The molecule has 0 unspecified atom stereocenters. The second-order valence-corrected chi connectivity index (χ2v) is 7.89. The van der Waals surface area contributed by atoms with Crippen molar-refractivity contribution >= 4 is 12.0 Å². The van der Waals surface area contributed by atoms with Crippen molar-refractivity contribution in [2.75, 3.05) is 33.3 Å². The Morgan fingerprint density at radius 1 is 1.28 bits per heavy atom. The Morgan fingerprint density at radius 2 is 2.00 bits per heavy atom. The van der Waals surface area contributed by atoms with Gasteiger partial charge in [0.25, 0.3) is 5.91 Å². The van der Waals surface area contributed by atoms with E-state index >= 15 is 0 Å². The summed E-state index contributed by atoms with van der Waals surface area (Å²) in [6.07, 6.45) is 8.14. The zero-order valence-corrected chi connectivity index (χ0v) is 17.5. The maximum absolute atomic E-state index is 12.1. The summed E-state index contributed by atoms with van der Waals surface area (Å²) in [4.78, 5) is 14.6. The number of methoxy groups -OCH3 is 1. The lowest BCUT2D eigenvalue weighted by molar-refractivity contribution is 0.0944. The van der Waals surface area contributed by atoms with E-state index in [1.54, 1.807) is 13.3 Å². The minimum absolute atomic E-state index is 0.147. The van der Waals surface area contributed by atoms with E-state index in [9.17, 15) is 4.79 Å². The van der Waals surface area contributed by atoms with E-state index in [0.29, 0.717) is 24.2 Å². The van der Waals surface area contributed by atoms with Crippen LogP contribution < -0.4 is 10.1 Å². The first-order valence-electron chi connectivity index (χ1n) is 10.3. The minimum Gasteiger partial charge on any atom is -0.497 e. The van der Waals surface area contributed by atoms with Crippen molar-refractivity contribution in [3.8, 4) is 5.75 Å². The van der Waals surface area contributed by atoms with Gasteiger partial charge in [-0.3, -0.25) is 9.69 Å². The molecule has 0 radical (unpaired) electrons. The zero-order chi connectivity index (χ0) is 20.6. The largest absolute Gasteiger partial charge is 0.497 e. The van der Waals surface area contributed by atoms with Crippen LogP contribution in [0.15, 0.2) is 36.5 Å². The molecule has 1 fully saturated rings. The number of nitrogens with zero attached hydrogens (tertiary/aromatic N) is 4. The van der Waals surface area contributed by atoms with Crippen LogP contribution in [0.4, 0.5) is 0 Å². The number of hydrogen-bond acceptors (Lipinski definition) is 5. The summed E-state index contributed by atoms with van der Waals surface area (Å²) in [7, 11) is 1.68. The summed E-state index contributed by atoms with van der Waals surface area (Å²) < 4.78 is 7.04. The lowest BCUT2D eigenvalue weighted by Gasteiger charge is -2.30. The number of amides is 1. The number of carbonyl (C=O) groups excluding carboxylic acids is 1. The maximum atomic E-state index is 12.1. The summed E-state index contributed by atoms with van der Waals surface area (Å²) >= 11 is 0. The van der Waals surface area contributed by atoms with Crippen LogP contribution in [0, 0.1) is 5.92 Å². The smallest absolute Gasteiger partial charge is 0.273 e. The van der Waals surface area contributed by atoms with Crippen LogP contribution in [0.2, 0.25) is 0 Å². The van der Waals surface area contributed by atoms with E-state index in [0.717, 1.165) is 38.2 Å². The number of nitrogens with one attached hydrogen (secondary N) is 1. The lowest BCUT2D eigenvalue weighted by Crippen LogP contribution is -2.34. The van der Waals surface area contributed by atoms with Crippen LogP contribution in [0.1, 0.15) is 48.8 Å². The van der Waals surface area contributed by atoms with Gasteiger partial charge in [0.2, 0.25) is 0 Å². The van der Waals surface area contributed by atoms with Crippen molar-refractivity contribution in [2.24, 2.45) is 5.92 Å². The molecule has 0 aliphatic carbocycles. The van der Waals surface area contributed by atoms with Gasteiger partial charge in [-0.2, -0.15) is 0 Å². The molecule has 7 heteroatoms. The van der Waals surface area contributed by atoms with Gasteiger partial charge in [0.05, 0.1) is 19.3 Å². The number of piperidine rings is 1. The predicted octanol–water partition coefficient (Wildman–Crippen LogP) is 3.02. The topological polar surface area (TPSA) is 72.3 Å². The highest BCUT2D eigenvalue weighted by Gasteiger charge is 2.22. The van der Waals surface area contributed by atoms with E-state index in [-0.39, 0.29) is 5.91 Å². The Balaban J connectivity index is 1.44.